The van der Waals surface area contributed by atoms with Crippen LogP contribution in [0.4, 0.5) is 4.39 Å². The second-order valence-corrected chi connectivity index (χ2v) is 5.08. The monoisotopic (exact) mass is 217 g/mol. The molecule has 3 nitrogen and oxygen atoms in total. The molecule has 1 atom stereocenters. The van der Waals surface area contributed by atoms with Gasteiger partial charge in [0.1, 0.15) is 0 Å². The number of nitrogens with two attached hydrogens (primary N) is 1. The Morgan fingerprint density at radius 3 is 2.29 bits per heavy atom. The molecule has 0 aliphatic carbocycles. The largest absolute Gasteiger partial charge is 0.327 e. The van der Waals surface area contributed by atoms with Crippen LogP contribution < -0.4 is 5.73 Å². The SMILES string of the molecule is Cc1ccc(S(=O)(=O)C(F)CN)cc1. The van der Waals surface area contributed by atoms with Gasteiger partial charge in [-0.15, -0.1) is 0 Å². The molecule has 0 fully saturated rings. The number of hydrogen-bond donors (Lipinski definition) is 1. The van der Waals surface area contributed by atoms with Crippen LogP contribution in [0.2, 0.25) is 0 Å². The van der Waals surface area contributed by atoms with Crippen molar-refractivity contribution in [2.24, 2.45) is 5.73 Å². The first-order valence-electron chi connectivity index (χ1n) is 4.13. The van der Waals surface area contributed by atoms with E-state index in [9.17, 15) is 12.8 Å². The molecule has 2 N–H and O–H groups in total. The normalized spacial score (nSPS) is 13.9. The van der Waals surface area contributed by atoms with Crippen LogP contribution in [0.5, 0.6) is 0 Å². The molecule has 0 aromatic heterocycles. The van der Waals surface area contributed by atoms with Crippen LogP contribution in [0.1, 0.15) is 5.56 Å². The lowest BCUT2D eigenvalue weighted by Gasteiger charge is -2.07. The Balaban J connectivity index is 3.11. The number of benzene rings is 1. The predicted molar refractivity (Wildman–Crippen MR) is 52.3 cm³/mol. The van der Waals surface area contributed by atoms with E-state index in [-0.39, 0.29) is 4.90 Å². The van der Waals surface area contributed by atoms with Crippen molar-refractivity contribution < 1.29 is 12.8 Å². The Morgan fingerprint density at radius 1 is 1.36 bits per heavy atom. The van der Waals surface area contributed by atoms with Gasteiger partial charge in [-0.1, -0.05) is 17.7 Å². The summed E-state index contributed by atoms with van der Waals surface area (Å²) in [5.74, 6) is 0. The molecule has 14 heavy (non-hydrogen) atoms. The Morgan fingerprint density at radius 2 is 1.86 bits per heavy atom. The Bertz CT molecular complexity index is 399. The third-order valence-corrected chi connectivity index (χ3v) is 3.67. The molecular weight excluding hydrogens is 205 g/mol. The summed E-state index contributed by atoms with van der Waals surface area (Å²) in [6, 6.07) is 6.01. The van der Waals surface area contributed by atoms with Crippen LogP contribution in [0, 0.1) is 6.92 Å². The average molecular weight is 217 g/mol. The van der Waals surface area contributed by atoms with Crippen molar-refractivity contribution in [2.75, 3.05) is 6.54 Å². The maximum atomic E-state index is 13.0. The summed E-state index contributed by atoms with van der Waals surface area (Å²) in [5, 5.41) is 0. The molecule has 0 spiro atoms. The molecule has 0 amide bonds. The molecule has 5 heteroatoms. The third kappa shape index (κ3) is 2.10. The quantitative estimate of drug-likeness (QED) is 0.822. The fraction of sp³-hybridized carbons (Fsp3) is 0.333. The van der Waals surface area contributed by atoms with Gasteiger partial charge in [0.05, 0.1) is 4.90 Å². The summed E-state index contributed by atoms with van der Waals surface area (Å²) in [5.41, 5.74) is 3.87. The molecule has 1 aromatic rings. The van der Waals surface area contributed by atoms with Gasteiger partial charge in [-0.05, 0) is 19.1 Å². The number of sulfone groups is 1. The minimum atomic E-state index is -3.90. The minimum Gasteiger partial charge on any atom is -0.327 e. The van der Waals surface area contributed by atoms with Gasteiger partial charge in [-0.3, -0.25) is 0 Å². The topological polar surface area (TPSA) is 60.2 Å². The molecule has 0 saturated carbocycles. The summed E-state index contributed by atoms with van der Waals surface area (Å²) in [6.07, 6.45) is 0. The molecular formula is C9H12FNO2S. The molecule has 1 rings (SSSR count). The first-order chi connectivity index (χ1) is 6.48. The van der Waals surface area contributed by atoms with Crippen LogP contribution in [-0.2, 0) is 9.84 Å². The van der Waals surface area contributed by atoms with Gasteiger partial charge in [0.15, 0.2) is 0 Å². The Kier molecular flexibility index (Phi) is 3.23. The van der Waals surface area contributed by atoms with Gasteiger partial charge in [0.25, 0.3) is 0 Å². The highest BCUT2D eigenvalue weighted by molar-refractivity contribution is 7.92. The lowest BCUT2D eigenvalue weighted by atomic mass is 10.2. The zero-order valence-corrected chi connectivity index (χ0v) is 8.59. The van der Waals surface area contributed by atoms with Crippen molar-refractivity contribution in [1.29, 1.82) is 0 Å². The second-order valence-electron chi connectivity index (χ2n) is 3.00. The maximum Gasteiger partial charge on any atom is 0.217 e. The second kappa shape index (κ2) is 4.06. The van der Waals surface area contributed by atoms with E-state index in [0.29, 0.717) is 0 Å². The molecule has 0 aliphatic rings. The standard InChI is InChI=1S/C9H12FNO2S/c1-7-2-4-8(5-3-7)14(12,13)9(10)6-11/h2-5,9H,6,11H2,1H3. The highest BCUT2D eigenvalue weighted by Crippen LogP contribution is 2.16. The van der Waals surface area contributed by atoms with Gasteiger partial charge in [-0.25, -0.2) is 12.8 Å². The fourth-order valence-electron chi connectivity index (χ4n) is 1.00. The molecule has 1 aromatic carbocycles. The molecule has 1 unspecified atom stereocenters. The summed E-state index contributed by atoms with van der Waals surface area (Å²) < 4.78 is 35.8. The van der Waals surface area contributed by atoms with E-state index in [1.54, 1.807) is 12.1 Å². The molecule has 78 valence electrons. The van der Waals surface area contributed by atoms with Crippen molar-refractivity contribution in [3.63, 3.8) is 0 Å². The number of alkyl halides is 1. The first-order valence-corrected chi connectivity index (χ1v) is 5.68. The summed E-state index contributed by atoms with van der Waals surface area (Å²) in [7, 11) is -3.90. The van der Waals surface area contributed by atoms with Gasteiger partial charge >= 0.3 is 0 Å². The van der Waals surface area contributed by atoms with E-state index < -0.39 is 21.9 Å². The highest BCUT2D eigenvalue weighted by Gasteiger charge is 2.25. The van der Waals surface area contributed by atoms with Crippen LogP contribution in [0.15, 0.2) is 29.2 Å². The van der Waals surface area contributed by atoms with Crippen molar-refractivity contribution in [1.82, 2.24) is 0 Å². The molecule has 0 aliphatic heterocycles. The molecule has 0 saturated heterocycles. The summed E-state index contributed by atoms with van der Waals surface area (Å²) in [6.45, 7) is 1.31. The average Bonchev–Trinajstić information content (AvgIpc) is 2.17. The van der Waals surface area contributed by atoms with Gasteiger partial charge < -0.3 is 5.73 Å². The summed E-state index contributed by atoms with van der Waals surface area (Å²) in [4.78, 5) is -0.0268. The summed E-state index contributed by atoms with van der Waals surface area (Å²) >= 11 is 0. The molecule has 0 radical (unpaired) electrons. The van der Waals surface area contributed by atoms with E-state index in [2.05, 4.69) is 0 Å². The van der Waals surface area contributed by atoms with E-state index >= 15 is 0 Å². The first kappa shape index (κ1) is 11.1. The van der Waals surface area contributed by atoms with E-state index in [1.165, 1.54) is 12.1 Å². The van der Waals surface area contributed by atoms with E-state index in [0.717, 1.165) is 5.56 Å². The Labute approximate surface area is 82.7 Å². The predicted octanol–water partition coefficient (Wildman–Crippen LogP) is 1.02. The van der Waals surface area contributed by atoms with Crippen molar-refractivity contribution in [3.8, 4) is 0 Å². The number of hydrogen-bond acceptors (Lipinski definition) is 3. The Hall–Kier alpha value is -0.940. The van der Waals surface area contributed by atoms with Crippen LogP contribution in [0.3, 0.4) is 0 Å². The zero-order chi connectivity index (χ0) is 10.8. The lowest BCUT2D eigenvalue weighted by molar-refractivity contribution is 0.425. The van der Waals surface area contributed by atoms with Crippen molar-refractivity contribution in [2.45, 2.75) is 17.3 Å². The smallest absolute Gasteiger partial charge is 0.217 e. The van der Waals surface area contributed by atoms with Crippen LogP contribution >= 0.6 is 0 Å². The zero-order valence-electron chi connectivity index (χ0n) is 7.77. The van der Waals surface area contributed by atoms with E-state index in [4.69, 9.17) is 5.73 Å². The van der Waals surface area contributed by atoms with Gasteiger partial charge in [0, 0.05) is 6.54 Å². The molecule has 0 bridgehead atoms. The van der Waals surface area contributed by atoms with Crippen LogP contribution in [0.25, 0.3) is 0 Å². The third-order valence-electron chi connectivity index (χ3n) is 1.87. The van der Waals surface area contributed by atoms with Crippen LogP contribution in [-0.4, -0.2) is 20.5 Å². The maximum absolute atomic E-state index is 13.0. The number of aryl methyl sites for hydroxylation is 1. The fourth-order valence-corrected chi connectivity index (χ4v) is 2.07. The van der Waals surface area contributed by atoms with Crippen molar-refractivity contribution in [3.05, 3.63) is 29.8 Å². The van der Waals surface area contributed by atoms with Gasteiger partial charge in [0.2, 0.25) is 15.3 Å². The van der Waals surface area contributed by atoms with Crippen molar-refractivity contribution >= 4 is 9.84 Å². The molecule has 0 heterocycles. The lowest BCUT2D eigenvalue weighted by Crippen LogP contribution is -2.25. The van der Waals surface area contributed by atoms with E-state index in [1.807, 2.05) is 6.92 Å². The number of rotatable bonds is 3. The van der Waals surface area contributed by atoms with Gasteiger partial charge in [-0.2, -0.15) is 0 Å². The minimum absolute atomic E-state index is 0.0268. The highest BCUT2D eigenvalue weighted by atomic mass is 32.2. The number of halogens is 1.